The molecule has 1 saturated heterocycles. The van der Waals surface area contributed by atoms with Gasteiger partial charge in [-0.15, -0.1) is 0 Å². The maximum atomic E-state index is 13.8. The minimum absolute atomic E-state index is 0.0785. The topological polar surface area (TPSA) is 58.6 Å². The molecule has 1 aromatic rings. The number of hydrogen-bond acceptors (Lipinski definition) is 4. The zero-order valence-corrected chi connectivity index (χ0v) is 15.4. The van der Waals surface area contributed by atoms with E-state index in [0.29, 0.717) is 5.56 Å². The van der Waals surface area contributed by atoms with E-state index in [9.17, 15) is 18.7 Å². The van der Waals surface area contributed by atoms with E-state index in [1.165, 1.54) is 0 Å². The van der Waals surface area contributed by atoms with Gasteiger partial charge in [0.2, 0.25) is 5.92 Å². The molecule has 148 valence electrons. The Morgan fingerprint density at radius 2 is 1.96 bits per heavy atom. The van der Waals surface area contributed by atoms with Crippen LogP contribution in [0.15, 0.2) is 30.8 Å². The van der Waals surface area contributed by atoms with Gasteiger partial charge in [-0.25, -0.2) is 13.6 Å². The molecule has 0 unspecified atom stereocenters. The highest BCUT2D eigenvalue weighted by Gasteiger charge is 2.54. The Morgan fingerprint density at radius 3 is 2.52 bits per heavy atom. The molecule has 4 nitrogen and oxygen atoms in total. The minimum Gasteiger partial charge on any atom is -0.463 e. The number of carbonyl (C=O) groups is 1. The lowest BCUT2D eigenvalue weighted by atomic mass is 9.79. The van der Waals surface area contributed by atoms with E-state index in [1.54, 1.807) is 30.3 Å². The summed E-state index contributed by atoms with van der Waals surface area (Å²) in [5.74, 6) is -4.33. The highest BCUT2D eigenvalue weighted by atomic mass is 19.3. The summed E-state index contributed by atoms with van der Waals surface area (Å²) in [7, 11) is 0. The average molecular weight is 379 g/mol. The molecule has 1 aromatic carbocycles. The van der Waals surface area contributed by atoms with Crippen molar-refractivity contribution in [2.24, 2.45) is 11.8 Å². The number of halogens is 2. The summed E-state index contributed by atoms with van der Waals surface area (Å²) in [6.07, 6.45) is 2.65. The lowest BCUT2D eigenvalue weighted by Crippen LogP contribution is -2.44. The third-order valence-corrected chi connectivity index (χ3v) is 5.80. The van der Waals surface area contributed by atoms with Crippen molar-refractivity contribution in [3.05, 3.63) is 42.0 Å². The number of rotatable bonds is 6. The van der Waals surface area contributed by atoms with Gasteiger partial charge in [-0.3, -0.25) is 0 Å². The molecule has 0 radical (unpaired) electrons. The number of carbonyl (C=O) groups excluding carboxylic acids is 1. The second-order valence-corrected chi connectivity index (χ2v) is 7.68. The molecular formula is C21H27F2NO3. The van der Waals surface area contributed by atoms with Crippen LogP contribution in [0.25, 0.3) is 6.08 Å². The quantitative estimate of drug-likeness (QED) is 0.743. The molecule has 0 spiro atoms. The summed E-state index contributed by atoms with van der Waals surface area (Å²) >= 11 is 0. The molecule has 2 fully saturated rings. The van der Waals surface area contributed by atoms with Crippen LogP contribution in [-0.4, -0.2) is 36.7 Å². The highest BCUT2D eigenvalue weighted by molar-refractivity contribution is 5.81. The van der Waals surface area contributed by atoms with Gasteiger partial charge in [-0.2, -0.15) is 0 Å². The molecule has 0 bridgehead atoms. The number of piperidine rings is 1. The molecule has 0 aromatic heterocycles. The summed E-state index contributed by atoms with van der Waals surface area (Å²) < 4.78 is 33.1. The van der Waals surface area contributed by atoms with Gasteiger partial charge < -0.3 is 15.2 Å². The van der Waals surface area contributed by atoms with Gasteiger partial charge in [-0.1, -0.05) is 36.9 Å². The molecule has 1 aliphatic heterocycles. The van der Waals surface area contributed by atoms with Gasteiger partial charge in [0.25, 0.3) is 0 Å². The summed E-state index contributed by atoms with van der Waals surface area (Å²) in [4.78, 5) is 12.9. The fourth-order valence-electron chi connectivity index (χ4n) is 4.05. The van der Waals surface area contributed by atoms with Crippen LogP contribution in [0.4, 0.5) is 8.78 Å². The molecule has 1 saturated carbocycles. The second kappa shape index (κ2) is 8.07. The van der Waals surface area contributed by atoms with Gasteiger partial charge in [-0.05, 0) is 49.4 Å². The number of ether oxygens (including phenoxy) is 1. The molecule has 6 heteroatoms. The first-order valence-corrected chi connectivity index (χ1v) is 9.56. The zero-order chi connectivity index (χ0) is 19.5. The number of nitrogens with one attached hydrogen (secondary N) is 1. The van der Waals surface area contributed by atoms with Crippen molar-refractivity contribution in [2.45, 2.75) is 43.6 Å². The molecule has 2 aliphatic rings. The number of alkyl halides is 2. The van der Waals surface area contributed by atoms with Crippen LogP contribution < -0.4 is 5.32 Å². The molecule has 1 heterocycles. The monoisotopic (exact) mass is 379 g/mol. The van der Waals surface area contributed by atoms with E-state index in [0.717, 1.165) is 31.5 Å². The maximum absolute atomic E-state index is 13.8. The first-order chi connectivity index (χ1) is 12.8. The Morgan fingerprint density at radius 1 is 1.30 bits per heavy atom. The van der Waals surface area contributed by atoms with Gasteiger partial charge in [0.15, 0.2) is 5.60 Å². The predicted molar refractivity (Wildman–Crippen MR) is 99.3 cm³/mol. The fourth-order valence-corrected chi connectivity index (χ4v) is 4.05. The summed E-state index contributed by atoms with van der Waals surface area (Å²) in [5.41, 5.74) is -0.945. The van der Waals surface area contributed by atoms with Crippen LogP contribution in [-0.2, 0) is 15.1 Å². The minimum atomic E-state index is -2.87. The van der Waals surface area contributed by atoms with Gasteiger partial charge >= 0.3 is 5.97 Å². The third kappa shape index (κ3) is 4.38. The van der Waals surface area contributed by atoms with Gasteiger partial charge in [0.05, 0.1) is 6.61 Å². The number of benzene rings is 1. The van der Waals surface area contributed by atoms with Crippen molar-refractivity contribution in [1.29, 1.82) is 0 Å². The Hall–Kier alpha value is -1.79. The van der Waals surface area contributed by atoms with Gasteiger partial charge in [0.1, 0.15) is 0 Å². The molecule has 0 amide bonds. The maximum Gasteiger partial charge on any atom is 0.343 e. The predicted octanol–water partition coefficient (Wildman–Crippen LogP) is 3.50. The van der Waals surface area contributed by atoms with Crippen LogP contribution in [0.1, 0.15) is 43.2 Å². The van der Waals surface area contributed by atoms with E-state index >= 15 is 0 Å². The lowest BCUT2D eigenvalue weighted by Gasteiger charge is -2.33. The lowest BCUT2D eigenvalue weighted by molar-refractivity contribution is -0.176. The smallest absolute Gasteiger partial charge is 0.343 e. The van der Waals surface area contributed by atoms with E-state index in [2.05, 4.69) is 11.9 Å². The zero-order valence-electron chi connectivity index (χ0n) is 15.4. The normalized spacial score (nSPS) is 24.9. The standard InChI is InChI=1S/C21H27F2NO3/c1-2-15-3-5-17(6-4-15)21(26,18-7-10-20(22,23)13-18)19(25)27-14-16-8-11-24-12-9-16/h2-6,16,18,24,26H,1,7-14H2/t18-,21+/m1/s1. The Bertz CT molecular complexity index is 671. The fraction of sp³-hybridized carbons (Fsp3) is 0.571. The van der Waals surface area contributed by atoms with Crippen molar-refractivity contribution in [3.63, 3.8) is 0 Å². The Balaban J connectivity index is 1.81. The van der Waals surface area contributed by atoms with Crippen LogP contribution in [0, 0.1) is 11.8 Å². The van der Waals surface area contributed by atoms with Crippen molar-refractivity contribution in [3.8, 4) is 0 Å². The average Bonchev–Trinajstić information content (AvgIpc) is 3.06. The summed E-state index contributed by atoms with van der Waals surface area (Å²) in [6, 6.07) is 6.61. The van der Waals surface area contributed by atoms with Gasteiger partial charge in [0, 0.05) is 18.8 Å². The first kappa shape index (κ1) is 20.0. The largest absolute Gasteiger partial charge is 0.463 e. The Kier molecular flexibility index (Phi) is 5.96. The molecule has 2 N–H and O–H groups in total. The molecule has 3 rings (SSSR count). The Labute approximate surface area is 158 Å². The van der Waals surface area contributed by atoms with Crippen LogP contribution >= 0.6 is 0 Å². The van der Waals surface area contributed by atoms with E-state index in [4.69, 9.17) is 4.74 Å². The number of aliphatic hydroxyl groups is 1. The molecule has 1 aliphatic carbocycles. The van der Waals surface area contributed by atoms with Crippen molar-refractivity contribution >= 4 is 12.0 Å². The first-order valence-electron chi connectivity index (χ1n) is 9.56. The third-order valence-electron chi connectivity index (χ3n) is 5.80. The highest BCUT2D eigenvalue weighted by Crippen LogP contribution is 2.48. The summed E-state index contributed by atoms with van der Waals surface area (Å²) in [5, 5.41) is 14.6. The van der Waals surface area contributed by atoms with Crippen molar-refractivity contribution in [2.75, 3.05) is 19.7 Å². The van der Waals surface area contributed by atoms with Crippen molar-refractivity contribution < 1.29 is 23.4 Å². The van der Waals surface area contributed by atoms with E-state index < -0.39 is 29.8 Å². The van der Waals surface area contributed by atoms with Crippen LogP contribution in [0.2, 0.25) is 0 Å². The van der Waals surface area contributed by atoms with Crippen LogP contribution in [0.5, 0.6) is 0 Å². The number of hydrogen-bond donors (Lipinski definition) is 2. The van der Waals surface area contributed by atoms with Crippen LogP contribution in [0.3, 0.4) is 0 Å². The SMILES string of the molecule is C=Cc1ccc([C@@](O)(C(=O)OCC2CCNCC2)[C@@H]2CCC(F)(F)C2)cc1. The molecule has 27 heavy (non-hydrogen) atoms. The van der Waals surface area contributed by atoms with E-state index in [1.807, 2.05) is 0 Å². The second-order valence-electron chi connectivity index (χ2n) is 7.68. The molecule has 2 atom stereocenters. The summed E-state index contributed by atoms with van der Waals surface area (Å²) in [6.45, 7) is 5.61. The molecular weight excluding hydrogens is 352 g/mol. The van der Waals surface area contributed by atoms with E-state index in [-0.39, 0.29) is 25.4 Å². The van der Waals surface area contributed by atoms with Crippen molar-refractivity contribution in [1.82, 2.24) is 5.32 Å². The number of esters is 1.